The van der Waals surface area contributed by atoms with Gasteiger partial charge in [0.2, 0.25) is 0 Å². The maximum Gasteiger partial charge on any atom is 0.0947 e. The highest BCUT2D eigenvalue weighted by Crippen LogP contribution is 2.21. The Morgan fingerprint density at radius 3 is 3.13 bits per heavy atom. The smallest absolute Gasteiger partial charge is 0.0947 e. The van der Waals surface area contributed by atoms with Crippen LogP contribution in [0.5, 0.6) is 0 Å². The number of rotatable bonds is 5. The highest BCUT2D eigenvalue weighted by Gasteiger charge is 2.30. The molecule has 3 nitrogen and oxygen atoms in total. The number of hydrogen-bond acceptors (Lipinski definition) is 3. The minimum atomic E-state index is 0.337. The lowest BCUT2D eigenvalue weighted by Crippen LogP contribution is -2.47. The van der Waals surface area contributed by atoms with E-state index in [0.29, 0.717) is 5.54 Å². The van der Waals surface area contributed by atoms with E-state index in [2.05, 4.69) is 17.6 Å². The molecule has 0 bridgehead atoms. The largest absolute Gasteiger partial charge is 0.472 e. The predicted octanol–water partition coefficient (Wildman–Crippen LogP) is 1.90. The van der Waals surface area contributed by atoms with Crippen LogP contribution in [0.2, 0.25) is 0 Å². The predicted molar refractivity (Wildman–Crippen MR) is 60.7 cm³/mol. The molecule has 1 aromatic rings. The lowest BCUT2D eigenvalue weighted by molar-refractivity contribution is 0.340. The zero-order chi connectivity index (χ0) is 10.6. The molecule has 84 valence electrons. The fraction of sp³-hybridized carbons (Fsp3) is 0.667. The molecule has 2 rings (SSSR count). The molecule has 1 fully saturated rings. The number of nitrogens with one attached hydrogen (secondary N) is 2. The summed E-state index contributed by atoms with van der Waals surface area (Å²) in [7, 11) is 0. The van der Waals surface area contributed by atoms with E-state index in [1.54, 1.807) is 12.5 Å². The molecule has 0 amide bonds. The molecule has 1 aromatic heterocycles. The van der Waals surface area contributed by atoms with Crippen LogP contribution in [-0.4, -0.2) is 18.6 Å². The Bertz CT molecular complexity index is 276. The standard InChI is InChI=1S/C12H20N2O/c1-2-12(5-3-6-14-12)10-13-8-11-4-7-15-9-11/h4,7,9,13-14H,2-3,5-6,8,10H2,1H3. The molecular weight excluding hydrogens is 188 g/mol. The first kappa shape index (κ1) is 10.7. The quantitative estimate of drug-likeness (QED) is 0.776. The van der Waals surface area contributed by atoms with Gasteiger partial charge in [-0.2, -0.15) is 0 Å². The Balaban J connectivity index is 1.77. The van der Waals surface area contributed by atoms with Crippen molar-refractivity contribution in [2.24, 2.45) is 0 Å². The van der Waals surface area contributed by atoms with Gasteiger partial charge in [-0.15, -0.1) is 0 Å². The molecule has 1 saturated heterocycles. The minimum absolute atomic E-state index is 0.337. The molecule has 1 aliphatic heterocycles. The summed E-state index contributed by atoms with van der Waals surface area (Å²) in [6, 6.07) is 2.01. The normalized spacial score (nSPS) is 25.9. The van der Waals surface area contributed by atoms with E-state index in [-0.39, 0.29) is 0 Å². The summed E-state index contributed by atoms with van der Waals surface area (Å²) in [5.41, 5.74) is 1.56. The van der Waals surface area contributed by atoms with Crippen LogP contribution >= 0.6 is 0 Å². The van der Waals surface area contributed by atoms with Crippen molar-refractivity contribution < 1.29 is 4.42 Å². The second kappa shape index (κ2) is 4.81. The maximum atomic E-state index is 5.03. The van der Waals surface area contributed by atoms with Gasteiger partial charge in [-0.25, -0.2) is 0 Å². The zero-order valence-corrected chi connectivity index (χ0v) is 9.38. The first-order valence-electron chi connectivity index (χ1n) is 5.81. The van der Waals surface area contributed by atoms with Crippen LogP contribution < -0.4 is 10.6 Å². The third-order valence-corrected chi connectivity index (χ3v) is 3.38. The molecule has 1 atom stereocenters. The lowest BCUT2D eigenvalue weighted by Gasteiger charge is -2.28. The summed E-state index contributed by atoms with van der Waals surface area (Å²) in [5, 5.41) is 7.11. The van der Waals surface area contributed by atoms with E-state index in [0.717, 1.165) is 13.1 Å². The van der Waals surface area contributed by atoms with Crippen molar-refractivity contribution in [3.05, 3.63) is 24.2 Å². The van der Waals surface area contributed by atoms with Crippen molar-refractivity contribution in [1.29, 1.82) is 0 Å². The summed E-state index contributed by atoms with van der Waals surface area (Å²) >= 11 is 0. The average Bonchev–Trinajstić information content (AvgIpc) is 2.89. The second-order valence-corrected chi connectivity index (χ2v) is 4.40. The molecule has 0 spiro atoms. The fourth-order valence-corrected chi connectivity index (χ4v) is 2.29. The molecule has 1 aliphatic rings. The molecule has 0 aliphatic carbocycles. The van der Waals surface area contributed by atoms with Gasteiger partial charge in [-0.1, -0.05) is 6.92 Å². The molecule has 2 heterocycles. The van der Waals surface area contributed by atoms with Gasteiger partial charge < -0.3 is 15.1 Å². The van der Waals surface area contributed by atoms with Crippen molar-refractivity contribution in [3.8, 4) is 0 Å². The van der Waals surface area contributed by atoms with Gasteiger partial charge in [0.25, 0.3) is 0 Å². The summed E-state index contributed by atoms with van der Waals surface area (Å²) in [6.45, 7) is 5.38. The van der Waals surface area contributed by atoms with Gasteiger partial charge in [-0.05, 0) is 31.9 Å². The van der Waals surface area contributed by atoms with Crippen LogP contribution in [0.3, 0.4) is 0 Å². The van der Waals surface area contributed by atoms with Gasteiger partial charge in [0.05, 0.1) is 12.5 Å². The van der Waals surface area contributed by atoms with Gasteiger partial charge in [0.1, 0.15) is 0 Å². The van der Waals surface area contributed by atoms with E-state index in [1.807, 2.05) is 6.07 Å². The van der Waals surface area contributed by atoms with Gasteiger partial charge >= 0.3 is 0 Å². The summed E-state index contributed by atoms with van der Waals surface area (Å²) < 4.78 is 5.03. The third kappa shape index (κ3) is 2.61. The van der Waals surface area contributed by atoms with Crippen LogP contribution in [0.25, 0.3) is 0 Å². The van der Waals surface area contributed by atoms with Crippen LogP contribution in [0, 0.1) is 0 Å². The van der Waals surface area contributed by atoms with E-state index in [1.165, 1.54) is 31.4 Å². The van der Waals surface area contributed by atoms with Gasteiger partial charge in [0, 0.05) is 24.2 Å². The number of furan rings is 1. The fourth-order valence-electron chi connectivity index (χ4n) is 2.29. The van der Waals surface area contributed by atoms with E-state index >= 15 is 0 Å². The number of hydrogen-bond donors (Lipinski definition) is 2. The molecule has 0 radical (unpaired) electrons. The van der Waals surface area contributed by atoms with Crippen LogP contribution in [0.4, 0.5) is 0 Å². The Morgan fingerprint density at radius 1 is 1.60 bits per heavy atom. The zero-order valence-electron chi connectivity index (χ0n) is 9.38. The van der Waals surface area contributed by atoms with Gasteiger partial charge in [-0.3, -0.25) is 0 Å². The molecule has 1 unspecified atom stereocenters. The minimum Gasteiger partial charge on any atom is -0.472 e. The highest BCUT2D eigenvalue weighted by molar-refractivity contribution is 5.05. The third-order valence-electron chi connectivity index (χ3n) is 3.38. The lowest BCUT2D eigenvalue weighted by atomic mass is 9.94. The summed E-state index contributed by atoms with van der Waals surface area (Å²) in [5.74, 6) is 0. The first-order valence-corrected chi connectivity index (χ1v) is 5.81. The average molecular weight is 208 g/mol. The van der Waals surface area contributed by atoms with E-state index in [9.17, 15) is 0 Å². The molecular formula is C12H20N2O. The Labute approximate surface area is 91.2 Å². The van der Waals surface area contributed by atoms with Crippen molar-refractivity contribution in [2.45, 2.75) is 38.3 Å². The van der Waals surface area contributed by atoms with Gasteiger partial charge in [0.15, 0.2) is 0 Å². The summed E-state index contributed by atoms with van der Waals surface area (Å²) in [4.78, 5) is 0. The SMILES string of the molecule is CCC1(CNCc2ccoc2)CCCN1. The van der Waals surface area contributed by atoms with Crippen LogP contribution in [0.15, 0.2) is 23.0 Å². The van der Waals surface area contributed by atoms with Crippen molar-refractivity contribution in [2.75, 3.05) is 13.1 Å². The first-order chi connectivity index (χ1) is 7.35. The van der Waals surface area contributed by atoms with Crippen LogP contribution in [-0.2, 0) is 6.54 Å². The molecule has 3 heteroatoms. The highest BCUT2D eigenvalue weighted by atomic mass is 16.3. The van der Waals surface area contributed by atoms with E-state index < -0.39 is 0 Å². The Kier molecular flexibility index (Phi) is 3.44. The van der Waals surface area contributed by atoms with Crippen molar-refractivity contribution in [3.63, 3.8) is 0 Å². The Hall–Kier alpha value is -0.800. The molecule has 0 aromatic carbocycles. The van der Waals surface area contributed by atoms with Crippen molar-refractivity contribution in [1.82, 2.24) is 10.6 Å². The Morgan fingerprint density at radius 2 is 2.53 bits per heavy atom. The second-order valence-electron chi connectivity index (χ2n) is 4.40. The van der Waals surface area contributed by atoms with Crippen molar-refractivity contribution >= 4 is 0 Å². The van der Waals surface area contributed by atoms with E-state index in [4.69, 9.17) is 4.42 Å². The summed E-state index contributed by atoms with van der Waals surface area (Å²) in [6.07, 6.45) is 7.32. The molecule has 15 heavy (non-hydrogen) atoms. The molecule has 2 N–H and O–H groups in total. The van der Waals surface area contributed by atoms with Crippen LogP contribution in [0.1, 0.15) is 31.7 Å². The molecule has 0 saturated carbocycles. The topological polar surface area (TPSA) is 37.2 Å². The maximum absolute atomic E-state index is 5.03. The monoisotopic (exact) mass is 208 g/mol.